The molecule has 1 aromatic heterocycles. The molecule has 1 heterocycles. The van der Waals surface area contributed by atoms with Gasteiger partial charge in [-0.2, -0.15) is 0 Å². The minimum Gasteiger partial charge on any atom is -0.456 e. The highest BCUT2D eigenvalue weighted by Crippen LogP contribution is 2.22. The van der Waals surface area contributed by atoms with E-state index < -0.39 is 0 Å². The highest BCUT2D eigenvalue weighted by atomic mass is 16.5. The number of hydrogen-bond donors (Lipinski definition) is 1. The molecule has 0 bridgehead atoms. The molecule has 1 atom stereocenters. The molecular weight excluding hydrogens is 236 g/mol. The standard InChI is InChI=1S/C16H20N2O/c1-4-17-13(3)16-9-8-15(11-18-16)19-14-7-5-6-12(2)10-14/h5-11,13,17H,4H2,1-3H3. The third-order valence-corrected chi connectivity index (χ3v) is 2.94. The third-order valence-electron chi connectivity index (χ3n) is 2.94. The Morgan fingerprint density at radius 3 is 2.68 bits per heavy atom. The van der Waals surface area contributed by atoms with Crippen molar-refractivity contribution in [3.05, 3.63) is 53.9 Å². The van der Waals surface area contributed by atoms with Crippen LogP contribution in [0.4, 0.5) is 0 Å². The summed E-state index contributed by atoms with van der Waals surface area (Å²) in [4.78, 5) is 4.43. The summed E-state index contributed by atoms with van der Waals surface area (Å²) in [7, 11) is 0. The number of rotatable bonds is 5. The minimum absolute atomic E-state index is 0.262. The second-order valence-electron chi connectivity index (χ2n) is 4.62. The molecule has 2 rings (SSSR count). The van der Waals surface area contributed by atoms with Gasteiger partial charge in [-0.05, 0) is 50.2 Å². The van der Waals surface area contributed by atoms with E-state index in [-0.39, 0.29) is 6.04 Å². The van der Waals surface area contributed by atoms with Gasteiger partial charge in [0.2, 0.25) is 0 Å². The fraction of sp³-hybridized carbons (Fsp3) is 0.312. The molecule has 0 saturated carbocycles. The van der Waals surface area contributed by atoms with Crippen molar-refractivity contribution in [1.29, 1.82) is 0 Å². The zero-order chi connectivity index (χ0) is 13.7. The molecule has 0 aliphatic heterocycles. The average molecular weight is 256 g/mol. The quantitative estimate of drug-likeness (QED) is 0.882. The summed E-state index contributed by atoms with van der Waals surface area (Å²) in [6.07, 6.45) is 1.77. The zero-order valence-electron chi connectivity index (χ0n) is 11.7. The first-order valence-electron chi connectivity index (χ1n) is 6.63. The summed E-state index contributed by atoms with van der Waals surface area (Å²) in [6, 6.07) is 12.2. The lowest BCUT2D eigenvalue weighted by Gasteiger charge is -2.12. The first-order chi connectivity index (χ1) is 9.19. The summed E-state index contributed by atoms with van der Waals surface area (Å²) in [6.45, 7) is 7.18. The van der Waals surface area contributed by atoms with Gasteiger partial charge in [0.15, 0.2) is 0 Å². The van der Waals surface area contributed by atoms with Gasteiger partial charge in [-0.3, -0.25) is 4.98 Å². The van der Waals surface area contributed by atoms with Gasteiger partial charge in [0, 0.05) is 6.04 Å². The first-order valence-corrected chi connectivity index (χ1v) is 6.63. The lowest BCUT2D eigenvalue weighted by Crippen LogP contribution is -2.18. The van der Waals surface area contributed by atoms with Crippen LogP contribution in [0.5, 0.6) is 11.5 Å². The Kier molecular flexibility index (Phi) is 4.53. The predicted octanol–water partition coefficient (Wildman–Crippen LogP) is 3.85. The third kappa shape index (κ3) is 3.80. The van der Waals surface area contributed by atoms with Crippen molar-refractivity contribution in [2.24, 2.45) is 0 Å². The largest absolute Gasteiger partial charge is 0.456 e. The van der Waals surface area contributed by atoms with Gasteiger partial charge in [-0.15, -0.1) is 0 Å². The number of nitrogens with zero attached hydrogens (tertiary/aromatic N) is 1. The van der Waals surface area contributed by atoms with Crippen LogP contribution in [-0.4, -0.2) is 11.5 Å². The van der Waals surface area contributed by atoms with Crippen LogP contribution in [-0.2, 0) is 0 Å². The Labute approximate surface area is 114 Å². The summed E-state index contributed by atoms with van der Waals surface area (Å²) in [5.74, 6) is 1.60. The molecule has 1 N–H and O–H groups in total. The summed E-state index contributed by atoms with van der Waals surface area (Å²) >= 11 is 0. The SMILES string of the molecule is CCNC(C)c1ccc(Oc2cccc(C)c2)cn1. The van der Waals surface area contributed by atoms with Gasteiger partial charge in [-0.25, -0.2) is 0 Å². The lowest BCUT2D eigenvalue weighted by molar-refractivity contribution is 0.478. The molecule has 0 spiro atoms. The Morgan fingerprint density at radius 2 is 2.05 bits per heavy atom. The maximum Gasteiger partial charge on any atom is 0.145 e. The Hall–Kier alpha value is -1.87. The van der Waals surface area contributed by atoms with E-state index in [1.807, 2.05) is 43.3 Å². The van der Waals surface area contributed by atoms with Crippen LogP contribution >= 0.6 is 0 Å². The van der Waals surface area contributed by atoms with Crippen molar-refractivity contribution >= 4 is 0 Å². The molecule has 19 heavy (non-hydrogen) atoms. The maximum absolute atomic E-state index is 5.77. The highest BCUT2D eigenvalue weighted by Gasteiger charge is 2.05. The number of hydrogen-bond acceptors (Lipinski definition) is 3. The number of nitrogens with one attached hydrogen (secondary N) is 1. The molecule has 0 aliphatic rings. The number of ether oxygens (including phenoxy) is 1. The van der Waals surface area contributed by atoms with Crippen molar-refractivity contribution in [2.45, 2.75) is 26.8 Å². The number of benzene rings is 1. The number of aromatic nitrogens is 1. The molecule has 0 saturated heterocycles. The van der Waals surface area contributed by atoms with Crippen LogP contribution in [0.1, 0.15) is 31.1 Å². The molecule has 0 amide bonds. The summed E-state index contributed by atoms with van der Waals surface area (Å²) in [5.41, 5.74) is 2.21. The van der Waals surface area contributed by atoms with E-state index in [0.29, 0.717) is 0 Å². The Bertz CT molecular complexity index is 523. The van der Waals surface area contributed by atoms with Crippen LogP contribution in [0.2, 0.25) is 0 Å². The summed E-state index contributed by atoms with van der Waals surface area (Å²) < 4.78 is 5.77. The minimum atomic E-state index is 0.262. The van der Waals surface area contributed by atoms with Gasteiger partial charge in [0.1, 0.15) is 11.5 Å². The monoisotopic (exact) mass is 256 g/mol. The molecule has 0 fully saturated rings. The normalized spacial score (nSPS) is 12.2. The van der Waals surface area contributed by atoms with Crippen LogP contribution in [0.15, 0.2) is 42.6 Å². The molecule has 0 radical (unpaired) electrons. The van der Waals surface area contributed by atoms with Crippen LogP contribution in [0.3, 0.4) is 0 Å². The van der Waals surface area contributed by atoms with Crippen LogP contribution < -0.4 is 10.1 Å². The van der Waals surface area contributed by atoms with E-state index in [9.17, 15) is 0 Å². The van der Waals surface area contributed by atoms with E-state index in [1.165, 1.54) is 5.56 Å². The van der Waals surface area contributed by atoms with Gasteiger partial charge in [-0.1, -0.05) is 19.1 Å². The van der Waals surface area contributed by atoms with Gasteiger partial charge in [0.25, 0.3) is 0 Å². The Balaban J connectivity index is 2.06. The molecule has 2 aromatic rings. The fourth-order valence-corrected chi connectivity index (χ4v) is 1.93. The molecule has 100 valence electrons. The number of pyridine rings is 1. The van der Waals surface area contributed by atoms with E-state index in [4.69, 9.17) is 4.74 Å². The van der Waals surface area contributed by atoms with E-state index >= 15 is 0 Å². The van der Waals surface area contributed by atoms with Crippen molar-refractivity contribution in [2.75, 3.05) is 6.54 Å². The van der Waals surface area contributed by atoms with E-state index in [1.54, 1.807) is 6.20 Å². The van der Waals surface area contributed by atoms with Crippen molar-refractivity contribution < 1.29 is 4.74 Å². The predicted molar refractivity (Wildman–Crippen MR) is 77.6 cm³/mol. The number of aryl methyl sites for hydroxylation is 1. The molecule has 1 aromatic carbocycles. The fourth-order valence-electron chi connectivity index (χ4n) is 1.93. The van der Waals surface area contributed by atoms with Gasteiger partial charge in [0.05, 0.1) is 11.9 Å². The first kappa shape index (κ1) is 13.6. The second kappa shape index (κ2) is 6.34. The average Bonchev–Trinajstić information content (AvgIpc) is 2.40. The topological polar surface area (TPSA) is 34.1 Å². The van der Waals surface area contributed by atoms with Crippen molar-refractivity contribution in [3.63, 3.8) is 0 Å². The lowest BCUT2D eigenvalue weighted by atomic mass is 10.2. The Morgan fingerprint density at radius 1 is 1.21 bits per heavy atom. The van der Waals surface area contributed by atoms with Crippen LogP contribution in [0.25, 0.3) is 0 Å². The van der Waals surface area contributed by atoms with Gasteiger partial charge < -0.3 is 10.1 Å². The molecule has 3 heteroatoms. The van der Waals surface area contributed by atoms with Crippen molar-refractivity contribution in [3.8, 4) is 11.5 Å². The molecule has 1 unspecified atom stereocenters. The van der Waals surface area contributed by atoms with Crippen molar-refractivity contribution in [1.82, 2.24) is 10.3 Å². The van der Waals surface area contributed by atoms with E-state index in [0.717, 1.165) is 23.7 Å². The second-order valence-corrected chi connectivity index (χ2v) is 4.62. The highest BCUT2D eigenvalue weighted by molar-refractivity contribution is 5.32. The molecular formula is C16H20N2O. The smallest absolute Gasteiger partial charge is 0.145 e. The molecule has 0 aliphatic carbocycles. The maximum atomic E-state index is 5.77. The van der Waals surface area contributed by atoms with Crippen LogP contribution in [0, 0.1) is 6.92 Å². The van der Waals surface area contributed by atoms with Gasteiger partial charge >= 0.3 is 0 Å². The summed E-state index contributed by atoms with van der Waals surface area (Å²) in [5, 5.41) is 3.34. The molecule has 3 nitrogen and oxygen atoms in total. The van der Waals surface area contributed by atoms with E-state index in [2.05, 4.69) is 24.1 Å². The zero-order valence-corrected chi connectivity index (χ0v) is 11.7.